The molecule has 0 saturated carbocycles. The Morgan fingerprint density at radius 2 is 1.69 bits per heavy atom. The quantitative estimate of drug-likeness (QED) is 0.174. The number of ketones is 1. The summed E-state index contributed by atoms with van der Waals surface area (Å²) in [5.74, 6) is -1.07. The minimum Gasteiger partial charge on any atom is -0.361 e. The van der Waals surface area contributed by atoms with Crippen molar-refractivity contribution in [3.05, 3.63) is 65.6 Å². The molecule has 2 heterocycles. The van der Waals surface area contributed by atoms with E-state index >= 15 is 0 Å². The highest BCUT2D eigenvalue weighted by Gasteiger charge is 2.30. The second-order valence-corrected chi connectivity index (χ2v) is 8.80. The fourth-order valence-electron chi connectivity index (χ4n) is 4.59. The van der Waals surface area contributed by atoms with Gasteiger partial charge in [-0.3, -0.25) is 14.6 Å². The Balaban J connectivity index is 1.46. The van der Waals surface area contributed by atoms with Crippen molar-refractivity contribution in [3.8, 4) is 0 Å². The van der Waals surface area contributed by atoms with Gasteiger partial charge in [-0.1, -0.05) is 55.7 Å². The molecule has 9 heteroatoms. The van der Waals surface area contributed by atoms with Gasteiger partial charge in [0.15, 0.2) is 0 Å². The summed E-state index contributed by atoms with van der Waals surface area (Å²) >= 11 is 0. The molecule has 3 aromatic rings. The molecule has 0 spiro atoms. The number of halogens is 1. The summed E-state index contributed by atoms with van der Waals surface area (Å²) in [4.78, 5) is 39.8. The number of amidine groups is 1. The number of hydrogen-bond acceptors (Lipinski definition) is 4. The van der Waals surface area contributed by atoms with Gasteiger partial charge in [0, 0.05) is 55.4 Å². The third kappa shape index (κ3) is 5.36. The number of nitrogens with one attached hydrogen (secondary N) is 1. The predicted molar refractivity (Wildman–Crippen MR) is 142 cm³/mol. The number of aromatic amines is 1. The van der Waals surface area contributed by atoms with Crippen LogP contribution in [0.3, 0.4) is 0 Å². The molecule has 7 nitrogen and oxygen atoms in total. The second-order valence-electron chi connectivity index (χ2n) is 8.80. The molecule has 0 bridgehead atoms. The molecule has 0 aliphatic carbocycles. The number of hydrogen-bond donors (Lipinski definition) is 1. The molecule has 2 aromatic carbocycles. The summed E-state index contributed by atoms with van der Waals surface area (Å²) in [6.45, 7) is 9.65. The van der Waals surface area contributed by atoms with E-state index in [1.54, 1.807) is 0 Å². The van der Waals surface area contributed by atoms with Gasteiger partial charge in [0.1, 0.15) is 19.5 Å². The number of carbonyl (C=O) groups excluding carboxylic acids is 2. The van der Waals surface area contributed by atoms with Crippen molar-refractivity contribution in [1.82, 2.24) is 19.7 Å². The number of aliphatic imine (C=N–C) groups is 1. The Bertz CT molecular complexity index is 1250. The fourth-order valence-corrected chi connectivity index (χ4v) is 4.59. The van der Waals surface area contributed by atoms with Crippen LogP contribution in [0.2, 0.25) is 0 Å². The summed E-state index contributed by atoms with van der Waals surface area (Å²) < 4.78 is 14.4. The van der Waals surface area contributed by atoms with Gasteiger partial charge in [-0.2, -0.15) is 0 Å². The molecule has 1 fully saturated rings. The van der Waals surface area contributed by atoms with E-state index in [9.17, 15) is 14.0 Å². The van der Waals surface area contributed by atoms with Gasteiger partial charge >= 0.3 is 0 Å². The number of nitrogens with zero attached hydrogens (tertiary/aromatic N) is 4. The Labute approximate surface area is 212 Å². The number of piperazine rings is 1. The number of amides is 1. The molecule has 1 N–H and O–H groups in total. The van der Waals surface area contributed by atoms with Crippen molar-refractivity contribution < 1.29 is 14.0 Å². The van der Waals surface area contributed by atoms with Crippen LogP contribution in [0, 0.1) is 5.82 Å². The SMILES string of the molecule is [B]c1ccc(F)c2c(C(=O)C(=O)N3CCN(C(=NCCN(CC)CC)c4ccccc4)CC3)c[nH]c12. The van der Waals surface area contributed by atoms with E-state index in [2.05, 4.69) is 28.6 Å². The van der Waals surface area contributed by atoms with Crippen LogP contribution < -0.4 is 5.46 Å². The Morgan fingerprint density at radius 1 is 1.03 bits per heavy atom. The van der Waals surface area contributed by atoms with Crippen molar-refractivity contribution >= 4 is 41.7 Å². The standard InChI is InChI=1S/C27H31BFN5O2/c1-3-32(4-2)13-12-30-26(19-8-6-5-7-9-19)33-14-16-34(17-15-33)27(36)25(35)20-18-31-24-21(28)10-11-22(29)23(20)24/h5-11,18,31H,3-4,12-17H2,1-2H3. The summed E-state index contributed by atoms with van der Waals surface area (Å²) in [5.41, 5.74) is 1.68. The summed E-state index contributed by atoms with van der Waals surface area (Å²) in [5, 5.41) is 0.0543. The molecule has 1 amide bonds. The van der Waals surface area contributed by atoms with Crippen LogP contribution in [0.1, 0.15) is 29.8 Å². The van der Waals surface area contributed by atoms with E-state index in [1.165, 1.54) is 23.2 Å². The Hall–Kier alpha value is -3.46. The minimum atomic E-state index is -0.740. The number of H-pyrrole nitrogens is 1. The maximum atomic E-state index is 14.4. The first-order valence-electron chi connectivity index (χ1n) is 12.4. The van der Waals surface area contributed by atoms with Gasteiger partial charge in [0.2, 0.25) is 0 Å². The first kappa shape index (κ1) is 25.6. The molecular weight excluding hydrogens is 456 g/mol. The monoisotopic (exact) mass is 487 g/mol. The van der Waals surface area contributed by atoms with Crippen LogP contribution in [0.5, 0.6) is 0 Å². The van der Waals surface area contributed by atoms with Crippen LogP contribution in [0.25, 0.3) is 10.9 Å². The zero-order valence-electron chi connectivity index (χ0n) is 20.8. The third-order valence-corrected chi connectivity index (χ3v) is 6.73. The van der Waals surface area contributed by atoms with Crippen LogP contribution >= 0.6 is 0 Å². The summed E-state index contributed by atoms with van der Waals surface area (Å²) in [7, 11) is 5.89. The van der Waals surface area contributed by atoms with E-state index in [0.29, 0.717) is 43.7 Å². The molecule has 1 saturated heterocycles. The molecule has 0 unspecified atom stereocenters. The number of benzene rings is 2. The highest BCUT2D eigenvalue weighted by molar-refractivity contribution is 6.46. The number of rotatable bonds is 8. The normalized spacial score (nSPS) is 14.6. The maximum absolute atomic E-state index is 14.4. The van der Waals surface area contributed by atoms with Gasteiger partial charge in [-0.05, 0) is 19.2 Å². The molecule has 4 rings (SSSR count). The molecule has 186 valence electrons. The molecule has 1 aliphatic heterocycles. The van der Waals surface area contributed by atoms with E-state index in [1.807, 2.05) is 30.3 Å². The second kappa shape index (κ2) is 11.5. The number of fused-ring (bicyclic) bond motifs is 1. The van der Waals surface area contributed by atoms with E-state index in [4.69, 9.17) is 12.8 Å². The van der Waals surface area contributed by atoms with Crippen molar-refractivity contribution in [1.29, 1.82) is 0 Å². The number of Topliss-reactive ketones (excluding diaryl/α,β-unsaturated/α-hetero) is 1. The van der Waals surface area contributed by atoms with Crippen molar-refractivity contribution in [2.45, 2.75) is 13.8 Å². The topological polar surface area (TPSA) is 72.0 Å². The predicted octanol–water partition coefficient (Wildman–Crippen LogP) is 2.22. The number of likely N-dealkylation sites (N-methyl/N-ethyl adjacent to an activating group) is 1. The highest BCUT2D eigenvalue weighted by atomic mass is 19.1. The highest BCUT2D eigenvalue weighted by Crippen LogP contribution is 2.21. The lowest BCUT2D eigenvalue weighted by atomic mass is 9.92. The van der Waals surface area contributed by atoms with Gasteiger partial charge in [0.25, 0.3) is 11.7 Å². The summed E-state index contributed by atoms with van der Waals surface area (Å²) in [6.07, 6.45) is 1.36. The lowest BCUT2D eigenvalue weighted by Crippen LogP contribution is -2.52. The Morgan fingerprint density at radius 3 is 2.36 bits per heavy atom. The zero-order chi connectivity index (χ0) is 25.7. The molecule has 36 heavy (non-hydrogen) atoms. The van der Waals surface area contributed by atoms with Crippen LogP contribution in [-0.4, -0.2) is 97.4 Å². The van der Waals surface area contributed by atoms with Gasteiger partial charge < -0.3 is 19.7 Å². The first-order valence-corrected chi connectivity index (χ1v) is 12.4. The van der Waals surface area contributed by atoms with Crippen molar-refractivity contribution in [3.63, 3.8) is 0 Å². The fraction of sp³-hybridized carbons (Fsp3) is 0.370. The van der Waals surface area contributed by atoms with Gasteiger partial charge in [0.05, 0.1) is 12.1 Å². The van der Waals surface area contributed by atoms with Crippen molar-refractivity contribution in [2.75, 3.05) is 52.4 Å². The van der Waals surface area contributed by atoms with Crippen LogP contribution in [0.4, 0.5) is 4.39 Å². The van der Waals surface area contributed by atoms with E-state index in [-0.39, 0.29) is 10.9 Å². The lowest BCUT2D eigenvalue weighted by molar-refractivity contribution is -0.127. The molecule has 0 atom stereocenters. The van der Waals surface area contributed by atoms with Crippen LogP contribution in [0.15, 0.2) is 53.7 Å². The van der Waals surface area contributed by atoms with Gasteiger partial charge in [-0.25, -0.2) is 4.39 Å². The van der Waals surface area contributed by atoms with E-state index in [0.717, 1.165) is 31.0 Å². The minimum absolute atomic E-state index is 0.00479. The number of carbonyl (C=O) groups is 2. The smallest absolute Gasteiger partial charge is 0.295 e. The maximum Gasteiger partial charge on any atom is 0.295 e. The van der Waals surface area contributed by atoms with Crippen molar-refractivity contribution in [2.24, 2.45) is 4.99 Å². The number of aromatic nitrogens is 1. The van der Waals surface area contributed by atoms with Gasteiger partial charge in [-0.15, -0.1) is 0 Å². The average Bonchev–Trinajstić information content (AvgIpc) is 3.37. The molecule has 1 aliphatic rings. The molecule has 1 aromatic heterocycles. The Kier molecular flexibility index (Phi) is 8.20. The lowest BCUT2D eigenvalue weighted by Gasteiger charge is -2.36. The largest absolute Gasteiger partial charge is 0.361 e. The third-order valence-electron chi connectivity index (χ3n) is 6.73. The summed E-state index contributed by atoms with van der Waals surface area (Å²) in [6, 6.07) is 12.7. The van der Waals surface area contributed by atoms with Crippen LogP contribution in [-0.2, 0) is 4.79 Å². The first-order chi connectivity index (χ1) is 17.4. The average molecular weight is 487 g/mol. The molecule has 2 radical (unpaired) electrons. The zero-order valence-corrected chi connectivity index (χ0v) is 20.8. The molecular formula is C27H31BFN5O2. The van der Waals surface area contributed by atoms with E-state index < -0.39 is 17.5 Å².